The Kier molecular flexibility index (Phi) is 6.85. The molecule has 3 N–H and O–H groups in total. The number of nitrogens with zero attached hydrogens (tertiary/aromatic N) is 2. The first-order chi connectivity index (χ1) is 13.6. The summed E-state index contributed by atoms with van der Waals surface area (Å²) in [5.74, 6) is 0. The molecule has 1 saturated heterocycles. The van der Waals surface area contributed by atoms with Gasteiger partial charge in [-0.25, -0.2) is 5.01 Å². The monoisotopic (exact) mass is 377 g/mol. The minimum Gasteiger partial charge on any atom is -0.322 e. The van der Waals surface area contributed by atoms with Crippen LogP contribution in [0.4, 0.5) is 0 Å². The van der Waals surface area contributed by atoms with Crippen LogP contribution in [0.5, 0.6) is 0 Å². The van der Waals surface area contributed by atoms with Crippen LogP contribution < -0.4 is 16.2 Å². The predicted octanol–water partition coefficient (Wildman–Crippen LogP) is 3.48. The molecule has 0 radical (unpaired) electrons. The van der Waals surface area contributed by atoms with E-state index in [9.17, 15) is 0 Å². The summed E-state index contributed by atoms with van der Waals surface area (Å²) in [7, 11) is 0. The van der Waals surface area contributed by atoms with Crippen molar-refractivity contribution in [3.8, 4) is 0 Å². The molecule has 0 aromatic heterocycles. The molecule has 0 bridgehead atoms. The average molecular weight is 378 g/mol. The minimum atomic E-state index is 0.818. The zero-order valence-electron chi connectivity index (χ0n) is 16.9. The van der Waals surface area contributed by atoms with Crippen LogP contribution in [0.15, 0.2) is 88.4 Å². The molecule has 2 aliphatic heterocycles. The Bertz CT molecular complexity index is 801. The van der Waals surface area contributed by atoms with E-state index in [2.05, 4.69) is 59.0 Å². The van der Waals surface area contributed by atoms with Gasteiger partial charge in [0, 0.05) is 56.3 Å². The van der Waals surface area contributed by atoms with Crippen LogP contribution in [-0.4, -0.2) is 37.4 Å². The number of hydrogen-bond acceptors (Lipinski definition) is 5. The van der Waals surface area contributed by atoms with Crippen LogP contribution in [-0.2, 0) is 0 Å². The molecular formula is C23H31N5. The largest absolute Gasteiger partial charge is 0.322 e. The Balaban J connectivity index is 1.86. The summed E-state index contributed by atoms with van der Waals surface area (Å²) in [6.07, 6.45) is 12.5. The maximum Gasteiger partial charge on any atom is 0.0472 e. The zero-order chi connectivity index (χ0) is 19.9. The van der Waals surface area contributed by atoms with Crippen molar-refractivity contribution in [2.24, 2.45) is 5.10 Å². The maximum absolute atomic E-state index is 4.41. The molecule has 0 atom stereocenters. The van der Waals surface area contributed by atoms with Crippen molar-refractivity contribution in [2.75, 3.05) is 26.2 Å². The molecule has 0 spiro atoms. The second-order valence-corrected chi connectivity index (χ2v) is 7.27. The molecule has 0 saturated carbocycles. The molecule has 0 unspecified atom stereocenters. The Morgan fingerprint density at radius 3 is 2.86 bits per heavy atom. The summed E-state index contributed by atoms with van der Waals surface area (Å²) in [5.41, 5.74) is 14.3. The first-order valence-electron chi connectivity index (χ1n) is 9.98. The molecule has 0 aromatic rings. The summed E-state index contributed by atoms with van der Waals surface area (Å²) < 4.78 is 0. The molecule has 3 aliphatic rings. The Morgan fingerprint density at radius 2 is 2.11 bits per heavy atom. The van der Waals surface area contributed by atoms with Crippen molar-refractivity contribution in [3.05, 3.63) is 83.3 Å². The van der Waals surface area contributed by atoms with Gasteiger partial charge >= 0.3 is 0 Å². The first-order valence-corrected chi connectivity index (χ1v) is 9.98. The van der Waals surface area contributed by atoms with Gasteiger partial charge < -0.3 is 10.7 Å². The SMILES string of the molecule is C=C(CCC)C1=C(NN2CCNCC2)C/C(=C\C2=C\N/N=C\C=C/C2=C)C1=C. The van der Waals surface area contributed by atoms with Gasteiger partial charge in [-0.05, 0) is 46.4 Å². The molecule has 3 rings (SSSR count). The highest BCUT2D eigenvalue weighted by molar-refractivity contribution is 5.73. The molecule has 0 amide bonds. The quantitative estimate of drug-likeness (QED) is 0.663. The lowest BCUT2D eigenvalue weighted by molar-refractivity contribution is 0.184. The molecule has 1 aliphatic carbocycles. The fraction of sp³-hybridized carbons (Fsp3) is 0.348. The van der Waals surface area contributed by atoms with Crippen molar-refractivity contribution in [2.45, 2.75) is 26.2 Å². The smallest absolute Gasteiger partial charge is 0.0472 e. The fourth-order valence-electron chi connectivity index (χ4n) is 3.65. The molecule has 148 valence electrons. The molecule has 0 aromatic carbocycles. The molecule has 1 fully saturated rings. The first kappa shape index (κ1) is 20.1. The third-order valence-corrected chi connectivity index (χ3v) is 5.13. The predicted molar refractivity (Wildman–Crippen MR) is 118 cm³/mol. The van der Waals surface area contributed by atoms with Gasteiger partial charge in [-0.2, -0.15) is 5.10 Å². The van der Waals surface area contributed by atoms with E-state index in [4.69, 9.17) is 0 Å². The van der Waals surface area contributed by atoms with E-state index in [0.29, 0.717) is 0 Å². The van der Waals surface area contributed by atoms with E-state index < -0.39 is 0 Å². The summed E-state index contributed by atoms with van der Waals surface area (Å²) in [6, 6.07) is 0. The molecule has 2 heterocycles. The normalized spacial score (nSPS) is 26.3. The second-order valence-electron chi connectivity index (χ2n) is 7.27. The number of rotatable bonds is 6. The minimum absolute atomic E-state index is 0.818. The number of allylic oxidation sites excluding steroid dienone is 9. The Morgan fingerprint density at radius 1 is 1.32 bits per heavy atom. The molecule has 5 heteroatoms. The average Bonchev–Trinajstić information content (AvgIpc) is 2.97. The van der Waals surface area contributed by atoms with Crippen molar-refractivity contribution in [3.63, 3.8) is 0 Å². The highest BCUT2D eigenvalue weighted by Gasteiger charge is 2.26. The van der Waals surface area contributed by atoms with Gasteiger partial charge in [0.25, 0.3) is 0 Å². The van der Waals surface area contributed by atoms with Gasteiger partial charge in [0.2, 0.25) is 0 Å². The third-order valence-electron chi connectivity index (χ3n) is 5.13. The molecule has 28 heavy (non-hydrogen) atoms. The maximum atomic E-state index is 4.41. The van der Waals surface area contributed by atoms with Crippen molar-refractivity contribution in [1.82, 2.24) is 21.2 Å². The van der Waals surface area contributed by atoms with Crippen molar-refractivity contribution in [1.29, 1.82) is 0 Å². The van der Waals surface area contributed by atoms with Gasteiger partial charge in [-0.3, -0.25) is 5.43 Å². The summed E-state index contributed by atoms with van der Waals surface area (Å²) in [5, 5.41) is 9.77. The van der Waals surface area contributed by atoms with Crippen LogP contribution in [0.2, 0.25) is 0 Å². The second kappa shape index (κ2) is 9.53. The lowest BCUT2D eigenvalue weighted by Gasteiger charge is -2.29. The summed E-state index contributed by atoms with van der Waals surface area (Å²) in [4.78, 5) is 0. The van der Waals surface area contributed by atoms with Crippen LogP contribution in [0.25, 0.3) is 0 Å². The van der Waals surface area contributed by atoms with E-state index in [1.807, 2.05) is 18.4 Å². The van der Waals surface area contributed by atoms with Crippen LogP contribution in [0, 0.1) is 0 Å². The summed E-state index contributed by atoms with van der Waals surface area (Å²) in [6.45, 7) is 19.1. The standard InChI is InChI=1S/C23H31N5/c1-5-7-18(3)23-19(4)20(14-21-16-26-25-9-6-8-17(21)2)15-22(23)27-28-12-10-24-11-13-28/h6,8-9,14,16,24,26-27H,2-5,7,10-13,15H2,1H3/b8-6-,20-14+,21-16-,25-9-. The number of hydrazine groups is 1. The number of piperazine rings is 1. The van der Waals surface area contributed by atoms with E-state index >= 15 is 0 Å². The molecular weight excluding hydrogens is 346 g/mol. The van der Waals surface area contributed by atoms with Gasteiger partial charge in [-0.1, -0.05) is 39.2 Å². The van der Waals surface area contributed by atoms with E-state index in [1.165, 1.54) is 16.8 Å². The van der Waals surface area contributed by atoms with Crippen LogP contribution in [0.1, 0.15) is 26.2 Å². The topological polar surface area (TPSA) is 51.7 Å². The van der Waals surface area contributed by atoms with Crippen LogP contribution >= 0.6 is 0 Å². The van der Waals surface area contributed by atoms with E-state index in [-0.39, 0.29) is 0 Å². The Hall–Kier alpha value is -2.63. The van der Waals surface area contributed by atoms with E-state index in [1.54, 1.807) is 6.21 Å². The molecule has 5 nitrogen and oxygen atoms in total. The van der Waals surface area contributed by atoms with Gasteiger partial charge in [0.15, 0.2) is 0 Å². The lowest BCUT2D eigenvalue weighted by atomic mass is 9.95. The third kappa shape index (κ3) is 4.80. The summed E-state index contributed by atoms with van der Waals surface area (Å²) >= 11 is 0. The highest BCUT2D eigenvalue weighted by Crippen LogP contribution is 2.40. The van der Waals surface area contributed by atoms with Crippen molar-refractivity contribution < 1.29 is 0 Å². The van der Waals surface area contributed by atoms with Crippen molar-refractivity contribution >= 4 is 6.21 Å². The Labute approximate surface area is 168 Å². The number of hydrazone groups is 1. The van der Waals surface area contributed by atoms with Gasteiger partial charge in [0.1, 0.15) is 0 Å². The van der Waals surface area contributed by atoms with Gasteiger partial charge in [-0.15, -0.1) is 0 Å². The van der Waals surface area contributed by atoms with Gasteiger partial charge in [0.05, 0.1) is 0 Å². The highest BCUT2D eigenvalue weighted by atomic mass is 15.5. The zero-order valence-corrected chi connectivity index (χ0v) is 16.9. The fourth-order valence-corrected chi connectivity index (χ4v) is 3.65. The van der Waals surface area contributed by atoms with Crippen LogP contribution in [0.3, 0.4) is 0 Å². The van der Waals surface area contributed by atoms with E-state index in [0.717, 1.165) is 67.7 Å². The number of hydrogen-bond donors (Lipinski definition) is 3. The lowest BCUT2D eigenvalue weighted by Crippen LogP contribution is -2.49. The number of nitrogens with one attached hydrogen (secondary N) is 3.